The maximum atomic E-state index is 10.5. The fourth-order valence-corrected chi connectivity index (χ4v) is 1.87. The predicted octanol–water partition coefficient (Wildman–Crippen LogP) is 2.99. The summed E-state index contributed by atoms with van der Waals surface area (Å²) < 4.78 is 1.76. The van der Waals surface area contributed by atoms with Crippen LogP contribution < -0.4 is 0 Å². The number of benzene rings is 1. The molecule has 0 saturated heterocycles. The molecule has 1 aromatic carbocycles. The number of aromatic nitrogens is 2. The molecule has 2 aromatic rings. The van der Waals surface area contributed by atoms with Crippen LogP contribution in [0.1, 0.15) is 16.8 Å². The van der Waals surface area contributed by atoms with E-state index in [-0.39, 0.29) is 0 Å². The molecule has 0 saturated carbocycles. The van der Waals surface area contributed by atoms with Gasteiger partial charge in [0.1, 0.15) is 0 Å². The third kappa shape index (κ3) is 3.69. The van der Waals surface area contributed by atoms with Gasteiger partial charge in [0.2, 0.25) is 0 Å². The highest BCUT2D eigenvalue weighted by Gasteiger charge is 2.02. The van der Waals surface area contributed by atoms with Crippen molar-refractivity contribution in [2.75, 3.05) is 0 Å². The number of carboxylic acids is 1. The fraction of sp³-hybridized carbons (Fsp3) is 0.143. The van der Waals surface area contributed by atoms with E-state index in [1.165, 1.54) is 0 Å². The van der Waals surface area contributed by atoms with Crippen LogP contribution in [0, 0.1) is 6.92 Å². The average Bonchev–Trinajstić information content (AvgIpc) is 2.66. The van der Waals surface area contributed by atoms with E-state index in [2.05, 4.69) is 5.10 Å². The summed E-state index contributed by atoms with van der Waals surface area (Å²) in [5.74, 6) is -0.958. The highest BCUT2D eigenvalue weighted by atomic mass is 35.5. The number of halogens is 1. The van der Waals surface area contributed by atoms with Crippen LogP contribution in [0.3, 0.4) is 0 Å². The highest BCUT2D eigenvalue weighted by Crippen LogP contribution is 2.14. The van der Waals surface area contributed by atoms with Gasteiger partial charge in [0.05, 0.1) is 17.3 Å². The Hall–Kier alpha value is -2.07. The third-order valence-corrected chi connectivity index (χ3v) is 2.97. The molecule has 0 amide bonds. The Bertz CT molecular complexity index is 613. The molecule has 2 rings (SSSR count). The molecule has 0 aliphatic carbocycles. The summed E-state index contributed by atoms with van der Waals surface area (Å²) in [7, 11) is 0. The Balaban J connectivity index is 2.17. The molecule has 0 atom stereocenters. The lowest BCUT2D eigenvalue weighted by Gasteiger charge is -2.03. The van der Waals surface area contributed by atoms with Crippen molar-refractivity contribution in [2.45, 2.75) is 13.5 Å². The first-order chi connectivity index (χ1) is 9.04. The number of hydrogen-bond donors (Lipinski definition) is 1. The summed E-state index contributed by atoms with van der Waals surface area (Å²) in [6.07, 6.45) is 4.46. The van der Waals surface area contributed by atoms with E-state index in [0.29, 0.717) is 11.6 Å². The van der Waals surface area contributed by atoms with Gasteiger partial charge in [-0.3, -0.25) is 4.68 Å². The standard InChI is InChI=1S/C14H13ClN2O2/c1-10-13(15)9-17(16-10)8-12-4-2-3-11(7-12)5-6-14(18)19/h2-7,9H,8H2,1H3,(H,18,19). The van der Waals surface area contributed by atoms with Gasteiger partial charge in [0, 0.05) is 12.3 Å². The van der Waals surface area contributed by atoms with Gasteiger partial charge in [-0.25, -0.2) is 4.79 Å². The predicted molar refractivity (Wildman–Crippen MR) is 74.2 cm³/mol. The van der Waals surface area contributed by atoms with E-state index >= 15 is 0 Å². The highest BCUT2D eigenvalue weighted by molar-refractivity contribution is 6.31. The second-order valence-corrected chi connectivity index (χ2v) is 4.58. The maximum absolute atomic E-state index is 10.5. The van der Waals surface area contributed by atoms with Gasteiger partial charge in [-0.05, 0) is 30.2 Å². The summed E-state index contributed by atoms with van der Waals surface area (Å²) in [6.45, 7) is 2.45. The first-order valence-electron chi connectivity index (χ1n) is 5.74. The molecule has 0 aliphatic rings. The molecular formula is C14H13ClN2O2. The minimum absolute atomic E-state index is 0.600. The van der Waals surface area contributed by atoms with E-state index in [1.807, 2.05) is 31.2 Å². The Morgan fingerprint density at radius 3 is 2.95 bits per heavy atom. The fourth-order valence-electron chi connectivity index (χ4n) is 1.72. The van der Waals surface area contributed by atoms with Gasteiger partial charge in [0.15, 0.2) is 0 Å². The summed E-state index contributed by atoms with van der Waals surface area (Å²) in [4.78, 5) is 10.5. The minimum Gasteiger partial charge on any atom is -0.478 e. The first-order valence-corrected chi connectivity index (χ1v) is 6.12. The smallest absolute Gasteiger partial charge is 0.328 e. The monoisotopic (exact) mass is 276 g/mol. The van der Waals surface area contributed by atoms with Crippen LogP contribution in [0.2, 0.25) is 5.02 Å². The molecule has 0 spiro atoms. The molecule has 0 fully saturated rings. The van der Waals surface area contributed by atoms with Crippen LogP contribution in [-0.4, -0.2) is 20.9 Å². The number of aryl methyl sites for hydroxylation is 1. The lowest BCUT2D eigenvalue weighted by atomic mass is 10.1. The van der Waals surface area contributed by atoms with Crippen molar-refractivity contribution in [1.82, 2.24) is 9.78 Å². The van der Waals surface area contributed by atoms with Crippen LogP contribution in [-0.2, 0) is 11.3 Å². The van der Waals surface area contributed by atoms with Crippen molar-refractivity contribution in [3.05, 3.63) is 58.4 Å². The van der Waals surface area contributed by atoms with Crippen LogP contribution >= 0.6 is 11.6 Å². The molecule has 0 unspecified atom stereocenters. The van der Waals surface area contributed by atoms with Crippen molar-refractivity contribution in [3.63, 3.8) is 0 Å². The van der Waals surface area contributed by atoms with Gasteiger partial charge >= 0.3 is 5.97 Å². The molecule has 0 radical (unpaired) electrons. The Morgan fingerprint density at radius 2 is 2.32 bits per heavy atom. The van der Waals surface area contributed by atoms with Crippen LogP contribution in [0.15, 0.2) is 36.5 Å². The lowest BCUT2D eigenvalue weighted by molar-refractivity contribution is -0.131. The number of carboxylic acid groups (broad SMARTS) is 1. The second-order valence-electron chi connectivity index (χ2n) is 4.18. The number of nitrogens with zero attached hydrogens (tertiary/aromatic N) is 2. The SMILES string of the molecule is Cc1nn(Cc2cccc(C=CC(=O)O)c2)cc1Cl. The first kappa shape index (κ1) is 13.4. The van der Waals surface area contributed by atoms with E-state index < -0.39 is 5.97 Å². The Morgan fingerprint density at radius 1 is 1.53 bits per heavy atom. The zero-order valence-corrected chi connectivity index (χ0v) is 11.1. The van der Waals surface area contributed by atoms with Gasteiger partial charge in [-0.2, -0.15) is 5.10 Å². The van der Waals surface area contributed by atoms with Gasteiger partial charge < -0.3 is 5.11 Å². The van der Waals surface area contributed by atoms with Crippen LogP contribution in [0.4, 0.5) is 0 Å². The molecule has 1 N–H and O–H groups in total. The Labute approximate surface area is 115 Å². The van der Waals surface area contributed by atoms with Crippen LogP contribution in [0.25, 0.3) is 6.08 Å². The van der Waals surface area contributed by atoms with E-state index in [4.69, 9.17) is 16.7 Å². The average molecular weight is 277 g/mol. The van der Waals surface area contributed by atoms with Crippen molar-refractivity contribution in [1.29, 1.82) is 0 Å². The molecular weight excluding hydrogens is 264 g/mol. The number of carbonyl (C=O) groups is 1. The van der Waals surface area contributed by atoms with Crippen molar-refractivity contribution >= 4 is 23.6 Å². The van der Waals surface area contributed by atoms with Gasteiger partial charge in [-0.15, -0.1) is 0 Å². The lowest BCUT2D eigenvalue weighted by Crippen LogP contribution is -2.00. The van der Waals surface area contributed by atoms with Crippen molar-refractivity contribution in [2.24, 2.45) is 0 Å². The summed E-state index contributed by atoms with van der Waals surface area (Å²) >= 11 is 5.95. The quantitative estimate of drug-likeness (QED) is 0.874. The van der Waals surface area contributed by atoms with Crippen LogP contribution in [0.5, 0.6) is 0 Å². The number of rotatable bonds is 4. The second kappa shape index (κ2) is 5.71. The molecule has 1 heterocycles. The van der Waals surface area contributed by atoms with E-state index in [0.717, 1.165) is 22.9 Å². The molecule has 0 bridgehead atoms. The molecule has 4 nitrogen and oxygen atoms in total. The molecule has 19 heavy (non-hydrogen) atoms. The zero-order valence-electron chi connectivity index (χ0n) is 10.4. The summed E-state index contributed by atoms with van der Waals surface area (Å²) in [5, 5.41) is 13.5. The topological polar surface area (TPSA) is 55.1 Å². The number of aliphatic carboxylic acids is 1. The largest absolute Gasteiger partial charge is 0.478 e. The Kier molecular flexibility index (Phi) is 4.02. The van der Waals surface area contributed by atoms with Gasteiger partial charge in [-0.1, -0.05) is 29.8 Å². The number of hydrogen-bond acceptors (Lipinski definition) is 2. The molecule has 1 aromatic heterocycles. The molecule has 0 aliphatic heterocycles. The van der Waals surface area contributed by atoms with Crippen molar-refractivity contribution in [3.8, 4) is 0 Å². The van der Waals surface area contributed by atoms with E-state index in [1.54, 1.807) is 17.0 Å². The third-order valence-electron chi connectivity index (χ3n) is 2.60. The summed E-state index contributed by atoms with van der Waals surface area (Å²) in [6, 6.07) is 7.62. The zero-order chi connectivity index (χ0) is 13.8. The summed E-state index contributed by atoms with van der Waals surface area (Å²) in [5.41, 5.74) is 2.67. The maximum Gasteiger partial charge on any atom is 0.328 e. The molecule has 5 heteroatoms. The minimum atomic E-state index is -0.958. The van der Waals surface area contributed by atoms with E-state index in [9.17, 15) is 4.79 Å². The normalized spacial score (nSPS) is 11.1. The van der Waals surface area contributed by atoms with Crippen molar-refractivity contribution < 1.29 is 9.90 Å². The van der Waals surface area contributed by atoms with Gasteiger partial charge in [0.25, 0.3) is 0 Å². The molecule has 98 valence electrons.